The van der Waals surface area contributed by atoms with Crippen LogP contribution >= 0.6 is 36.6 Å². The average molecular weight is 469 g/mol. The van der Waals surface area contributed by atoms with Gasteiger partial charge in [-0.25, -0.2) is 4.98 Å². The zero-order chi connectivity index (χ0) is 20.1. The van der Waals surface area contributed by atoms with Crippen molar-refractivity contribution in [3.05, 3.63) is 65.5 Å². The molecular weight excluding hydrogens is 439 g/mol. The van der Waals surface area contributed by atoms with E-state index in [1.807, 2.05) is 47.2 Å². The standard InChI is InChI=1S/C22H28N4OS.2ClH/c1-15(2)16-8-10-17(11-9-16)18(23)12-24-22(27)13-26-20-7-5-4-6-19(20)25-21(26)14-28-3;;/h4-11,15,18H,12-14,23H2,1-3H3,(H,24,27);2*1H. The van der Waals surface area contributed by atoms with Gasteiger partial charge < -0.3 is 15.6 Å². The van der Waals surface area contributed by atoms with Crippen LogP contribution in [0.4, 0.5) is 0 Å². The summed E-state index contributed by atoms with van der Waals surface area (Å²) in [5, 5.41) is 2.97. The van der Waals surface area contributed by atoms with Crippen molar-refractivity contribution in [2.45, 2.75) is 38.1 Å². The van der Waals surface area contributed by atoms with Crippen molar-refractivity contribution in [2.75, 3.05) is 12.8 Å². The summed E-state index contributed by atoms with van der Waals surface area (Å²) in [6.07, 6.45) is 2.04. The van der Waals surface area contributed by atoms with E-state index in [0.717, 1.165) is 28.2 Å². The number of nitrogens with zero attached hydrogens (tertiary/aromatic N) is 2. The summed E-state index contributed by atoms with van der Waals surface area (Å²) < 4.78 is 1.99. The summed E-state index contributed by atoms with van der Waals surface area (Å²) in [4.78, 5) is 17.2. The third-order valence-corrected chi connectivity index (χ3v) is 5.41. The molecule has 3 rings (SSSR count). The van der Waals surface area contributed by atoms with E-state index in [-0.39, 0.29) is 43.3 Å². The van der Waals surface area contributed by atoms with Crippen LogP contribution in [0.15, 0.2) is 48.5 Å². The van der Waals surface area contributed by atoms with Gasteiger partial charge in [0.15, 0.2) is 0 Å². The first-order chi connectivity index (χ1) is 13.5. The van der Waals surface area contributed by atoms with Gasteiger partial charge in [-0.15, -0.1) is 24.8 Å². The lowest BCUT2D eigenvalue weighted by Gasteiger charge is -2.15. The molecule has 2 aromatic carbocycles. The lowest BCUT2D eigenvalue weighted by atomic mass is 9.99. The van der Waals surface area contributed by atoms with Crippen molar-refractivity contribution in [2.24, 2.45) is 5.73 Å². The van der Waals surface area contributed by atoms with Crippen LogP contribution in [0.2, 0.25) is 0 Å². The van der Waals surface area contributed by atoms with Crippen LogP contribution in [0, 0.1) is 0 Å². The highest BCUT2D eigenvalue weighted by Crippen LogP contribution is 2.19. The topological polar surface area (TPSA) is 72.9 Å². The third kappa shape index (κ3) is 6.38. The number of fused-ring (bicyclic) bond motifs is 1. The van der Waals surface area contributed by atoms with Gasteiger partial charge in [-0.3, -0.25) is 4.79 Å². The Labute approximate surface area is 195 Å². The lowest BCUT2D eigenvalue weighted by molar-refractivity contribution is -0.121. The van der Waals surface area contributed by atoms with Gasteiger partial charge in [0.05, 0.1) is 16.8 Å². The fourth-order valence-electron chi connectivity index (χ4n) is 3.21. The Morgan fingerprint density at radius 2 is 1.73 bits per heavy atom. The fraction of sp³-hybridized carbons (Fsp3) is 0.364. The first-order valence-corrected chi connectivity index (χ1v) is 10.9. The van der Waals surface area contributed by atoms with Crippen molar-refractivity contribution in [1.82, 2.24) is 14.9 Å². The Kier molecular flexibility index (Phi) is 10.7. The smallest absolute Gasteiger partial charge is 0.240 e. The second-order valence-corrected chi connectivity index (χ2v) is 8.13. The monoisotopic (exact) mass is 468 g/mol. The van der Waals surface area contributed by atoms with Crippen molar-refractivity contribution in [3.63, 3.8) is 0 Å². The zero-order valence-electron chi connectivity index (χ0n) is 17.5. The molecule has 0 fully saturated rings. The van der Waals surface area contributed by atoms with E-state index < -0.39 is 0 Å². The Hall–Kier alpha value is -1.73. The van der Waals surface area contributed by atoms with Gasteiger partial charge in [0.1, 0.15) is 12.4 Å². The quantitative estimate of drug-likeness (QED) is 0.503. The summed E-state index contributed by atoms with van der Waals surface area (Å²) >= 11 is 1.69. The molecule has 0 aliphatic heterocycles. The number of benzene rings is 2. The van der Waals surface area contributed by atoms with Gasteiger partial charge in [0.2, 0.25) is 5.91 Å². The van der Waals surface area contributed by atoms with Crippen LogP contribution in [0.1, 0.15) is 42.8 Å². The largest absolute Gasteiger partial charge is 0.353 e. The second-order valence-electron chi connectivity index (χ2n) is 7.27. The minimum absolute atomic E-state index is 0. The molecule has 8 heteroatoms. The molecule has 30 heavy (non-hydrogen) atoms. The van der Waals surface area contributed by atoms with Crippen LogP contribution in [0.3, 0.4) is 0 Å². The van der Waals surface area contributed by atoms with E-state index >= 15 is 0 Å². The first kappa shape index (κ1) is 26.3. The lowest BCUT2D eigenvalue weighted by Crippen LogP contribution is -2.34. The highest BCUT2D eigenvalue weighted by atomic mass is 35.5. The molecular formula is C22H30Cl2N4OS. The molecule has 1 unspecified atom stereocenters. The average Bonchev–Trinajstić information content (AvgIpc) is 3.03. The van der Waals surface area contributed by atoms with Gasteiger partial charge in [0.25, 0.3) is 0 Å². The van der Waals surface area contributed by atoms with Crippen molar-refractivity contribution < 1.29 is 4.79 Å². The highest BCUT2D eigenvalue weighted by Gasteiger charge is 2.14. The number of hydrogen-bond donors (Lipinski definition) is 2. The molecule has 0 aliphatic rings. The molecule has 164 valence electrons. The maximum Gasteiger partial charge on any atom is 0.240 e. The van der Waals surface area contributed by atoms with E-state index in [4.69, 9.17) is 5.73 Å². The summed E-state index contributed by atoms with van der Waals surface area (Å²) in [7, 11) is 0. The maximum atomic E-state index is 12.6. The summed E-state index contributed by atoms with van der Waals surface area (Å²) in [5.41, 5.74) is 10.5. The molecule has 0 radical (unpaired) electrons. The number of nitrogens with one attached hydrogen (secondary N) is 1. The van der Waals surface area contributed by atoms with Crippen molar-refractivity contribution >= 4 is 53.5 Å². The van der Waals surface area contributed by atoms with Gasteiger partial charge in [-0.2, -0.15) is 11.8 Å². The van der Waals surface area contributed by atoms with Gasteiger partial charge >= 0.3 is 0 Å². The van der Waals surface area contributed by atoms with Crippen molar-refractivity contribution in [1.29, 1.82) is 0 Å². The number of hydrogen-bond acceptors (Lipinski definition) is 4. The molecule has 5 nitrogen and oxygen atoms in total. The van der Waals surface area contributed by atoms with Crippen LogP contribution in [-0.4, -0.2) is 28.3 Å². The Bertz CT molecular complexity index is 944. The number of carbonyl (C=O) groups is 1. The number of para-hydroxylation sites is 2. The van der Waals surface area contributed by atoms with Gasteiger partial charge in [-0.05, 0) is 35.4 Å². The van der Waals surface area contributed by atoms with E-state index in [9.17, 15) is 4.79 Å². The van der Waals surface area contributed by atoms with Crippen LogP contribution < -0.4 is 11.1 Å². The fourth-order valence-corrected chi connectivity index (χ4v) is 3.69. The van der Waals surface area contributed by atoms with Gasteiger partial charge in [-0.1, -0.05) is 50.2 Å². The van der Waals surface area contributed by atoms with E-state index in [2.05, 4.69) is 36.3 Å². The Balaban J connectivity index is 0.00000225. The molecule has 3 aromatic rings. The minimum Gasteiger partial charge on any atom is -0.353 e. The third-order valence-electron chi connectivity index (χ3n) is 4.86. The SMILES string of the molecule is CSCc1nc2ccccc2n1CC(=O)NCC(N)c1ccc(C(C)C)cc1.Cl.Cl. The molecule has 1 aromatic heterocycles. The number of thioether (sulfide) groups is 1. The van der Waals surface area contributed by atoms with Crippen LogP contribution in [0.5, 0.6) is 0 Å². The normalized spacial score (nSPS) is 11.6. The van der Waals surface area contributed by atoms with E-state index in [1.165, 1.54) is 5.56 Å². The molecule has 0 bridgehead atoms. The number of rotatable bonds is 8. The van der Waals surface area contributed by atoms with Crippen LogP contribution in [0.25, 0.3) is 11.0 Å². The number of aromatic nitrogens is 2. The number of imidazole rings is 1. The summed E-state index contributed by atoms with van der Waals surface area (Å²) in [5.74, 6) is 2.12. The zero-order valence-corrected chi connectivity index (χ0v) is 19.9. The predicted molar refractivity (Wildman–Crippen MR) is 132 cm³/mol. The van der Waals surface area contributed by atoms with E-state index in [1.54, 1.807) is 11.8 Å². The second kappa shape index (κ2) is 12.2. The van der Waals surface area contributed by atoms with E-state index in [0.29, 0.717) is 12.5 Å². The predicted octanol–water partition coefficient (Wildman–Crippen LogP) is 4.68. The molecule has 0 aliphatic carbocycles. The molecule has 0 spiro atoms. The van der Waals surface area contributed by atoms with Crippen LogP contribution in [-0.2, 0) is 17.1 Å². The molecule has 1 heterocycles. The maximum absolute atomic E-state index is 12.6. The first-order valence-electron chi connectivity index (χ1n) is 9.54. The molecule has 1 atom stereocenters. The molecule has 3 N–H and O–H groups in total. The number of nitrogens with two attached hydrogens (primary N) is 1. The molecule has 0 saturated heterocycles. The highest BCUT2D eigenvalue weighted by molar-refractivity contribution is 7.97. The number of amides is 1. The number of carbonyl (C=O) groups excluding carboxylic acids is 1. The summed E-state index contributed by atoms with van der Waals surface area (Å²) in [6.45, 7) is 4.99. The van der Waals surface area contributed by atoms with Gasteiger partial charge in [0, 0.05) is 12.6 Å². The minimum atomic E-state index is -0.227. The Morgan fingerprint density at radius 3 is 2.37 bits per heavy atom. The molecule has 1 amide bonds. The van der Waals surface area contributed by atoms with Crippen molar-refractivity contribution in [3.8, 4) is 0 Å². The Morgan fingerprint density at radius 1 is 1.10 bits per heavy atom. The number of halogens is 2. The summed E-state index contributed by atoms with van der Waals surface area (Å²) in [6, 6.07) is 16.0. The molecule has 0 saturated carbocycles.